The molecule has 112 valence electrons. The zero-order valence-electron chi connectivity index (χ0n) is 11.6. The zero-order chi connectivity index (χ0) is 15.0. The smallest absolute Gasteiger partial charge is 0.221 e. The van der Waals surface area contributed by atoms with Crippen molar-refractivity contribution < 1.29 is 13.2 Å². The number of hydrogen-bond donors (Lipinski definition) is 1. The lowest BCUT2D eigenvalue weighted by atomic mass is 10.1. The monoisotopic (exact) mass is 317 g/mol. The molecule has 1 aromatic carbocycles. The molecule has 0 atom stereocenters. The van der Waals surface area contributed by atoms with Gasteiger partial charge in [-0.1, -0.05) is 29.8 Å². The van der Waals surface area contributed by atoms with Crippen molar-refractivity contribution in [1.29, 1.82) is 0 Å². The number of sulfone groups is 1. The molecule has 0 fully saturated rings. The summed E-state index contributed by atoms with van der Waals surface area (Å²) < 4.78 is 21.8. The predicted molar refractivity (Wildman–Crippen MR) is 81.7 cm³/mol. The third-order valence-corrected chi connectivity index (χ3v) is 4.17. The number of benzene rings is 1. The van der Waals surface area contributed by atoms with E-state index in [2.05, 4.69) is 5.32 Å². The lowest BCUT2D eigenvalue weighted by molar-refractivity contribution is -0.120. The topological polar surface area (TPSA) is 63.2 Å². The van der Waals surface area contributed by atoms with Gasteiger partial charge in [-0.2, -0.15) is 0 Å². The van der Waals surface area contributed by atoms with Crippen LogP contribution in [-0.2, 0) is 21.1 Å². The summed E-state index contributed by atoms with van der Waals surface area (Å²) in [6.07, 6.45) is 3.80. The molecule has 0 aromatic heterocycles. The van der Waals surface area contributed by atoms with E-state index in [9.17, 15) is 13.2 Å². The Morgan fingerprint density at radius 3 is 2.60 bits per heavy atom. The van der Waals surface area contributed by atoms with Gasteiger partial charge in [-0.3, -0.25) is 4.79 Å². The lowest BCUT2D eigenvalue weighted by Gasteiger charge is -2.06. The number of aryl methyl sites for hydroxylation is 1. The fraction of sp³-hybridized carbons (Fsp3) is 0.500. The van der Waals surface area contributed by atoms with Gasteiger partial charge >= 0.3 is 0 Å². The molecule has 0 radical (unpaired) electrons. The Morgan fingerprint density at radius 1 is 1.25 bits per heavy atom. The average Bonchev–Trinajstić information content (AvgIpc) is 2.37. The first-order valence-electron chi connectivity index (χ1n) is 6.56. The molecule has 0 unspecified atom stereocenters. The minimum Gasteiger partial charge on any atom is -0.356 e. The molecule has 1 amide bonds. The van der Waals surface area contributed by atoms with Crippen LogP contribution in [0.15, 0.2) is 24.3 Å². The number of unbranched alkanes of at least 4 members (excludes halogenated alkanes) is 1. The molecule has 0 saturated carbocycles. The van der Waals surface area contributed by atoms with Crippen molar-refractivity contribution in [2.24, 2.45) is 0 Å². The Hall–Kier alpha value is -1.07. The molecule has 0 aliphatic carbocycles. The van der Waals surface area contributed by atoms with Gasteiger partial charge in [0.25, 0.3) is 0 Å². The number of halogens is 1. The molecule has 0 bridgehead atoms. The average molecular weight is 318 g/mol. The summed E-state index contributed by atoms with van der Waals surface area (Å²) in [6, 6.07) is 7.71. The van der Waals surface area contributed by atoms with Crippen LogP contribution in [0.5, 0.6) is 0 Å². The van der Waals surface area contributed by atoms with Gasteiger partial charge < -0.3 is 5.32 Å². The highest BCUT2D eigenvalue weighted by molar-refractivity contribution is 7.90. The van der Waals surface area contributed by atoms with Gasteiger partial charge in [-0.25, -0.2) is 8.42 Å². The lowest BCUT2D eigenvalue weighted by Crippen LogP contribution is -2.26. The first kappa shape index (κ1) is 17.0. The maximum atomic E-state index is 11.4. The van der Waals surface area contributed by atoms with Crippen molar-refractivity contribution in [2.75, 3.05) is 18.6 Å². The van der Waals surface area contributed by atoms with Gasteiger partial charge in [0.2, 0.25) is 5.91 Å². The molecule has 1 rings (SSSR count). The quantitative estimate of drug-likeness (QED) is 0.748. The third kappa shape index (κ3) is 7.50. The normalized spacial score (nSPS) is 11.3. The molecule has 1 N–H and O–H groups in total. The van der Waals surface area contributed by atoms with E-state index in [1.807, 2.05) is 24.3 Å². The Bertz CT molecular complexity index is 543. The third-order valence-electron chi connectivity index (χ3n) is 2.85. The van der Waals surface area contributed by atoms with Crippen molar-refractivity contribution in [3.63, 3.8) is 0 Å². The van der Waals surface area contributed by atoms with Crippen molar-refractivity contribution in [3.8, 4) is 0 Å². The number of carbonyl (C=O) groups excluding carboxylic acids is 1. The molecule has 1 aromatic rings. The Balaban J connectivity index is 2.13. The second kappa shape index (κ2) is 8.27. The molecule has 20 heavy (non-hydrogen) atoms. The predicted octanol–water partition coefficient (Wildman–Crippen LogP) is 2.21. The van der Waals surface area contributed by atoms with E-state index in [0.717, 1.165) is 36.1 Å². The number of amides is 1. The standard InChI is InChI=1S/C14H20ClNO3S/c1-20(18,19)11-9-14(17)16-10-5-4-7-12-6-2-3-8-13(12)15/h2-3,6,8H,4-5,7,9-11H2,1H3,(H,16,17). The fourth-order valence-electron chi connectivity index (χ4n) is 1.74. The van der Waals surface area contributed by atoms with E-state index in [1.54, 1.807) is 0 Å². The fourth-order valence-corrected chi connectivity index (χ4v) is 2.52. The number of rotatable bonds is 8. The van der Waals surface area contributed by atoms with Crippen molar-refractivity contribution in [2.45, 2.75) is 25.7 Å². The molecule has 0 aliphatic rings. The van der Waals surface area contributed by atoms with Gasteiger partial charge in [0.15, 0.2) is 0 Å². The molecule has 0 aliphatic heterocycles. The Kier molecular flexibility index (Phi) is 7.02. The highest BCUT2D eigenvalue weighted by Gasteiger charge is 2.07. The van der Waals surface area contributed by atoms with Gasteiger partial charge in [0.05, 0.1) is 5.75 Å². The van der Waals surface area contributed by atoms with Crippen LogP contribution in [0.4, 0.5) is 0 Å². The Labute approximate surface area is 125 Å². The van der Waals surface area contributed by atoms with Gasteiger partial charge in [0, 0.05) is 24.2 Å². The van der Waals surface area contributed by atoms with E-state index in [-0.39, 0.29) is 18.1 Å². The first-order valence-corrected chi connectivity index (χ1v) is 9.00. The second-order valence-electron chi connectivity index (χ2n) is 4.78. The summed E-state index contributed by atoms with van der Waals surface area (Å²) in [5.74, 6) is -0.313. The van der Waals surface area contributed by atoms with Gasteiger partial charge in [-0.05, 0) is 30.9 Å². The number of nitrogens with one attached hydrogen (secondary N) is 1. The molecular formula is C14H20ClNO3S. The van der Waals surface area contributed by atoms with Crippen molar-refractivity contribution in [1.82, 2.24) is 5.32 Å². The van der Waals surface area contributed by atoms with Crippen LogP contribution >= 0.6 is 11.6 Å². The summed E-state index contributed by atoms with van der Waals surface area (Å²) in [4.78, 5) is 11.4. The first-order chi connectivity index (χ1) is 9.38. The summed E-state index contributed by atoms with van der Waals surface area (Å²) in [5, 5.41) is 3.49. The number of hydrogen-bond acceptors (Lipinski definition) is 3. The van der Waals surface area contributed by atoms with Crippen molar-refractivity contribution >= 4 is 27.3 Å². The van der Waals surface area contributed by atoms with Crippen LogP contribution in [-0.4, -0.2) is 32.9 Å². The zero-order valence-corrected chi connectivity index (χ0v) is 13.1. The summed E-state index contributed by atoms with van der Waals surface area (Å²) in [6.45, 7) is 0.563. The summed E-state index contributed by atoms with van der Waals surface area (Å²) in [5.41, 5.74) is 1.11. The van der Waals surface area contributed by atoms with Gasteiger partial charge in [-0.15, -0.1) is 0 Å². The molecule has 0 heterocycles. The number of carbonyl (C=O) groups is 1. The molecule has 0 spiro atoms. The minimum atomic E-state index is -3.07. The highest BCUT2D eigenvalue weighted by atomic mass is 35.5. The van der Waals surface area contributed by atoms with E-state index in [4.69, 9.17) is 11.6 Å². The minimum absolute atomic E-state index is 0.0311. The largest absolute Gasteiger partial charge is 0.356 e. The highest BCUT2D eigenvalue weighted by Crippen LogP contribution is 2.16. The molecule has 0 saturated heterocycles. The van der Waals surface area contributed by atoms with E-state index < -0.39 is 9.84 Å². The maximum absolute atomic E-state index is 11.4. The van der Waals surface area contributed by atoms with Crippen LogP contribution in [0.3, 0.4) is 0 Å². The van der Waals surface area contributed by atoms with Crippen LogP contribution in [0.25, 0.3) is 0 Å². The van der Waals surface area contributed by atoms with Gasteiger partial charge in [0.1, 0.15) is 9.84 Å². The van der Waals surface area contributed by atoms with E-state index in [0.29, 0.717) is 6.54 Å². The molecule has 6 heteroatoms. The SMILES string of the molecule is CS(=O)(=O)CCC(=O)NCCCCc1ccccc1Cl. The van der Waals surface area contributed by atoms with Crippen LogP contribution in [0.1, 0.15) is 24.8 Å². The molecule has 4 nitrogen and oxygen atoms in total. The summed E-state index contributed by atoms with van der Waals surface area (Å²) in [7, 11) is -3.07. The molecular weight excluding hydrogens is 298 g/mol. The second-order valence-corrected chi connectivity index (χ2v) is 7.45. The Morgan fingerprint density at radius 2 is 1.95 bits per heavy atom. The van der Waals surface area contributed by atoms with Crippen LogP contribution in [0.2, 0.25) is 5.02 Å². The van der Waals surface area contributed by atoms with E-state index in [1.165, 1.54) is 0 Å². The summed E-state index contributed by atoms with van der Waals surface area (Å²) >= 11 is 6.04. The van der Waals surface area contributed by atoms with E-state index >= 15 is 0 Å². The van der Waals surface area contributed by atoms with Crippen LogP contribution < -0.4 is 5.32 Å². The maximum Gasteiger partial charge on any atom is 0.221 e. The van der Waals surface area contributed by atoms with Crippen LogP contribution in [0, 0.1) is 0 Å². The van der Waals surface area contributed by atoms with Crippen molar-refractivity contribution in [3.05, 3.63) is 34.9 Å².